The van der Waals surface area contributed by atoms with Crippen LogP contribution in [0.25, 0.3) is 0 Å². The first kappa shape index (κ1) is 13.5. The second-order valence-corrected chi connectivity index (χ2v) is 4.89. The average Bonchev–Trinajstić information content (AvgIpc) is 2.36. The molecular formula is C14H18N2O3. The van der Waals surface area contributed by atoms with Gasteiger partial charge in [-0.2, -0.15) is 0 Å². The number of Topliss-reactive ketones (excluding diaryl/α,β-unsaturated/α-hetero) is 1. The van der Waals surface area contributed by atoms with Crippen LogP contribution < -0.4 is 15.4 Å². The highest BCUT2D eigenvalue weighted by Crippen LogP contribution is 2.34. The van der Waals surface area contributed by atoms with Gasteiger partial charge in [-0.05, 0) is 32.0 Å². The fourth-order valence-electron chi connectivity index (χ4n) is 2.15. The van der Waals surface area contributed by atoms with Crippen LogP contribution in [0.15, 0.2) is 18.2 Å². The summed E-state index contributed by atoms with van der Waals surface area (Å²) in [5.74, 6) is 0.405. The topological polar surface area (TPSA) is 72.6 Å². The average molecular weight is 262 g/mol. The lowest BCUT2D eigenvalue weighted by Crippen LogP contribution is -2.41. The Morgan fingerprint density at radius 3 is 2.74 bits per heavy atom. The number of nitrogens with two attached hydrogens (primary N) is 1. The van der Waals surface area contributed by atoms with Crippen LogP contribution in [0.1, 0.15) is 31.1 Å². The lowest BCUT2D eigenvalue weighted by molar-refractivity contribution is -0.117. The van der Waals surface area contributed by atoms with Gasteiger partial charge in [0.2, 0.25) is 5.91 Å². The third kappa shape index (κ3) is 2.61. The summed E-state index contributed by atoms with van der Waals surface area (Å²) in [6.45, 7) is 5.53. The first-order valence-corrected chi connectivity index (χ1v) is 6.28. The number of hydrogen-bond acceptors (Lipinski definition) is 4. The molecule has 0 radical (unpaired) electrons. The highest BCUT2D eigenvalue weighted by Gasteiger charge is 2.26. The normalized spacial score (nSPS) is 19.4. The van der Waals surface area contributed by atoms with E-state index in [0.717, 1.165) is 0 Å². The molecule has 0 aliphatic carbocycles. The maximum atomic E-state index is 11.9. The van der Waals surface area contributed by atoms with Crippen LogP contribution in [-0.4, -0.2) is 30.4 Å². The number of benzene rings is 1. The second-order valence-electron chi connectivity index (χ2n) is 4.89. The molecule has 2 rings (SSSR count). The van der Waals surface area contributed by atoms with Gasteiger partial charge in [0.1, 0.15) is 11.9 Å². The van der Waals surface area contributed by atoms with Gasteiger partial charge in [-0.25, -0.2) is 0 Å². The Labute approximate surface area is 112 Å². The van der Waals surface area contributed by atoms with E-state index in [4.69, 9.17) is 10.5 Å². The smallest absolute Gasteiger partial charge is 0.224 e. The zero-order valence-electron chi connectivity index (χ0n) is 11.3. The highest BCUT2D eigenvalue weighted by atomic mass is 16.5. The molecule has 102 valence electrons. The van der Waals surface area contributed by atoms with E-state index in [1.54, 1.807) is 30.0 Å². The van der Waals surface area contributed by atoms with Gasteiger partial charge in [0.25, 0.3) is 0 Å². The summed E-state index contributed by atoms with van der Waals surface area (Å²) in [6.07, 6.45) is -0.0635. The Balaban J connectivity index is 2.45. The van der Waals surface area contributed by atoms with Gasteiger partial charge in [-0.1, -0.05) is 0 Å². The summed E-state index contributed by atoms with van der Waals surface area (Å²) in [6, 6.07) is 4.51. The molecule has 1 amide bonds. The summed E-state index contributed by atoms with van der Waals surface area (Å²) in [4.78, 5) is 25.2. The first-order chi connectivity index (χ1) is 8.90. The van der Waals surface area contributed by atoms with Crippen molar-refractivity contribution >= 4 is 17.4 Å². The number of amides is 1. The Morgan fingerprint density at radius 2 is 2.16 bits per heavy atom. The van der Waals surface area contributed by atoms with Crippen molar-refractivity contribution in [3.05, 3.63) is 23.8 Å². The first-order valence-electron chi connectivity index (χ1n) is 6.28. The summed E-state index contributed by atoms with van der Waals surface area (Å²) in [5.41, 5.74) is 6.73. The lowest BCUT2D eigenvalue weighted by atomic mass is 10.0. The molecule has 2 atom stereocenters. The minimum absolute atomic E-state index is 0.0635. The van der Waals surface area contributed by atoms with E-state index in [9.17, 15) is 9.59 Å². The number of ether oxygens (including phenoxy) is 1. The van der Waals surface area contributed by atoms with E-state index in [1.165, 1.54) is 6.92 Å². The number of anilines is 1. The van der Waals surface area contributed by atoms with E-state index in [2.05, 4.69) is 0 Å². The largest absolute Gasteiger partial charge is 0.487 e. The second kappa shape index (κ2) is 5.01. The number of ketones is 1. The molecule has 0 spiro atoms. The Hall–Kier alpha value is -1.88. The van der Waals surface area contributed by atoms with Gasteiger partial charge in [-0.3, -0.25) is 9.59 Å². The van der Waals surface area contributed by atoms with E-state index >= 15 is 0 Å². The number of carbonyl (C=O) groups excluding carboxylic acids is 2. The molecule has 5 nitrogen and oxygen atoms in total. The molecule has 0 fully saturated rings. The summed E-state index contributed by atoms with van der Waals surface area (Å²) >= 11 is 0. The van der Waals surface area contributed by atoms with Gasteiger partial charge < -0.3 is 15.4 Å². The van der Waals surface area contributed by atoms with Gasteiger partial charge in [0.05, 0.1) is 18.3 Å². The molecule has 2 unspecified atom stereocenters. The maximum absolute atomic E-state index is 11.9. The van der Waals surface area contributed by atoms with Crippen LogP contribution in [0.4, 0.5) is 5.69 Å². The summed E-state index contributed by atoms with van der Waals surface area (Å²) in [5, 5.41) is 0. The molecule has 1 aliphatic heterocycles. The molecule has 5 heteroatoms. The third-order valence-electron chi connectivity index (χ3n) is 3.10. The Kier molecular flexibility index (Phi) is 3.57. The fourth-order valence-corrected chi connectivity index (χ4v) is 2.15. The highest BCUT2D eigenvalue weighted by molar-refractivity contribution is 6.02. The lowest BCUT2D eigenvalue weighted by Gasteiger charge is -2.33. The molecule has 1 aromatic rings. The van der Waals surface area contributed by atoms with Gasteiger partial charge in [-0.15, -0.1) is 0 Å². The van der Waals surface area contributed by atoms with Crippen molar-refractivity contribution in [3.63, 3.8) is 0 Å². The van der Waals surface area contributed by atoms with Crippen LogP contribution >= 0.6 is 0 Å². The molecule has 0 saturated carbocycles. The van der Waals surface area contributed by atoms with Crippen molar-refractivity contribution < 1.29 is 14.3 Å². The van der Waals surface area contributed by atoms with E-state index < -0.39 is 6.04 Å². The zero-order valence-corrected chi connectivity index (χ0v) is 11.3. The SMILES string of the molecule is CC(=O)N1CC(C)Oc2ccc(C(=O)C(C)N)cc21. The molecule has 0 saturated heterocycles. The van der Waals surface area contributed by atoms with Crippen LogP contribution in [0, 0.1) is 0 Å². The number of carbonyl (C=O) groups is 2. The van der Waals surface area contributed by atoms with Crippen molar-refractivity contribution in [1.82, 2.24) is 0 Å². The predicted molar refractivity (Wildman–Crippen MR) is 72.5 cm³/mol. The molecule has 19 heavy (non-hydrogen) atoms. The molecule has 0 aromatic heterocycles. The summed E-state index contributed by atoms with van der Waals surface area (Å²) < 4.78 is 5.67. The zero-order chi connectivity index (χ0) is 14.2. The molecule has 0 bridgehead atoms. The van der Waals surface area contributed by atoms with Crippen LogP contribution in [0.5, 0.6) is 5.75 Å². The molecule has 2 N–H and O–H groups in total. The summed E-state index contributed by atoms with van der Waals surface area (Å²) in [7, 11) is 0. The number of rotatable bonds is 2. The van der Waals surface area contributed by atoms with E-state index in [1.807, 2.05) is 6.92 Å². The number of fused-ring (bicyclic) bond motifs is 1. The molecular weight excluding hydrogens is 244 g/mol. The Morgan fingerprint density at radius 1 is 1.47 bits per heavy atom. The van der Waals surface area contributed by atoms with Gasteiger partial charge in [0, 0.05) is 12.5 Å². The van der Waals surface area contributed by atoms with Crippen LogP contribution in [0.2, 0.25) is 0 Å². The number of hydrogen-bond donors (Lipinski definition) is 1. The van der Waals surface area contributed by atoms with Crippen LogP contribution in [0.3, 0.4) is 0 Å². The van der Waals surface area contributed by atoms with Gasteiger partial charge in [0.15, 0.2) is 5.78 Å². The minimum atomic E-state index is -0.563. The van der Waals surface area contributed by atoms with E-state index in [0.29, 0.717) is 23.5 Å². The van der Waals surface area contributed by atoms with Crippen molar-refractivity contribution in [2.45, 2.75) is 32.9 Å². The Bertz CT molecular complexity index is 525. The predicted octanol–water partition coefficient (Wildman–Crippen LogP) is 1.35. The standard InChI is InChI=1S/C14H18N2O3/c1-8-7-16(10(3)17)12-6-11(14(18)9(2)15)4-5-13(12)19-8/h4-6,8-9H,7,15H2,1-3H3. The van der Waals surface area contributed by atoms with Crippen molar-refractivity contribution in [2.75, 3.05) is 11.4 Å². The molecule has 1 aliphatic rings. The van der Waals surface area contributed by atoms with Crippen molar-refractivity contribution in [1.29, 1.82) is 0 Å². The minimum Gasteiger partial charge on any atom is -0.487 e. The van der Waals surface area contributed by atoms with Crippen molar-refractivity contribution in [2.24, 2.45) is 5.73 Å². The fraction of sp³-hybridized carbons (Fsp3) is 0.429. The molecule has 1 heterocycles. The van der Waals surface area contributed by atoms with Gasteiger partial charge >= 0.3 is 0 Å². The quantitative estimate of drug-likeness (QED) is 0.817. The van der Waals surface area contributed by atoms with Crippen LogP contribution in [-0.2, 0) is 4.79 Å². The third-order valence-corrected chi connectivity index (χ3v) is 3.10. The van der Waals surface area contributed by atoms with E-state index in [-0.39, 0.29) is 17.8 Å². The molecule has 1 aromatic carbocycles. The van der Waals surface area contributed by atoms with Crippen molar-refractivity contribution in [3.8, 4) is 5.75 Å². The number of nitrogens with zero attached hydrogens (tertiary/aromatic N) is 1. The maximum Gasteiger partial charge on any atom is 0.224 e. The monoisotopic (exact) mass is 262 g/mol.